The minimum Gasteiger partial charge on any atom is -0.352 e. The summed E-state index contributed by atoms with van der Waals surface area (Å²) in [5, 5.41) is 5.32. The SMILES string of the molecule is CC(=O)C[C@H](C(=O)N[C@@H](CCCNC(N)=O)C(=O)CCCC(C)(C)S)C(C)C. The lowest BCUT2D eigenvalue weighted by molar-refractivity contribution is -0.133. The average molecular weight is 416 g/mol. The van der Waals surface area contributed by atoms with E-state index in [0.29, 0.717) is 32.2 Å². The normalized spacial score (nSPS) is 13.7. The molecule has 0 saturated carbocycles. The Labute approximate surface area is 174 Å². The van der Waals surface area contributed by atoms with Gasteiger partial charge in [0, 0.05) is 30.1 Å². The largest absolute Gasteiger partial charge is 0.352 e. The summed E-state index contributed by atoms with van der Waals surface area (Å²) in [6.07, 6.45) is 2.88. The van der Waals surface area contributed by atoms with Crippen LogP contribution in [0.15, 0.2) is 0 Å². The lowest BCUT2D eigenvalue weighted by Gasteiger charge is -2.24. The van der Waals surface area contributed by atoms with Crippen LogP contribution in [0.1, 0.15) is 73.1 Å². The zero-order chi connectivity index (χ0) is 21.9. The highest BCUT2D eigenvalue weighted by Crippen LogP contribution is 2.21. The fourth-order valence-electron chi connectivity index (χ4n) is 2.92. The van der Waals surface area contributed by atoms with Crippen molar-refractivity contribution in [3.05, 3.63) is 0 Å². The number of carbonyl (C=O) groups is 4. The van der Waals surface area contributed by atoms with E-state index >= 15 is 0 Å². The van der Waals surface area contributed by atoms with E-state index in [2.05, 4.69) is 23.3 Å². The van der Waals surface area contributed by atoms with Crippen LogP contribution in [-0.2, 0) is 14.4 Å². The van der Waals surface area contributed by atoms with Gasteiger partial charge in [0.05, 0.1) is 6.04 Å². The summed E-state index contributed by atoms with van der Waals surface area (Å²) in [6, 6.07) is -1.26. The third kappa shape index (κ3) is 12.8. The van der Waals surface area contributed by atoms with Gasteiger partial charge in [-0.2, -0.15) is 12.6 Å². The van der Waals surface area contributed by atoms with Crippen LogP contribution in [0.2, 0.25) is 0 Å². The van der Waals surface area contributed by atoms with Gasteiger partial charge in [-0.3, -0.25) is 9.59 Å². The molecular formula is C20H37N3O4S. The van der Waals surface area contributed by atoms with Gasteiger partial charge in [-0.1, -0.05) is 27.7 Å². The first-order valence-electron chi connectivity index (χ1n) is 9.91. The van der Waals surface area contributed by atoms with E-state index in [-0.39, 0.29) is 34.6 Å². The third-order valence-corrected chi connectivity index (χ3v) is 4.76. The van der Waals surface area contributed by atoms with Gasteiger partial charge in [0.1, 0.15) is 5.78 Å². The average Bonchev–Trinajstić information content (AvgIpc) is 2.53. The number of nitrogens with one attached hydrogen (secondary N) is 2. The summed E-state index contributed by atoms with van der Waals surface area (Å²) in [5.74, 6) is -0.858. The lowest BCUT2D eigenvalue weighted by Crippen LogP contribution is -2.45. The second-order valence-corrected chi connectivity index (χ2v) is 9.59. The summed E-state index contributed by atoms with van der Waals surface area (Å²) < 4.78 is -0.158. The van der Waals surface area contributed by atoms with Gasteiger partial charge in [0.25, 0.3) is 0 Å². The van der Waals surface area contributed by atoms with Gasteiger partial charge < -0.3 is 21.2 Å². The van der Waals surface area contributed by atoms with Crippen LogP contribution in [-0.4, -0.2) is 40.8 Å². The second kappa shape index (κ2) is 12.8. The number of hydrogen-bond donors (Lipinski definition) is 4. The lowest BCUT2D eigenvalue weighted by atomic mass is 9.89. The minimum absolute atomic E-state index is 0.0128. The standard InChI is InChI=1S/C20H37N3O4S/c1-13(2)15(12-14(3)24)18(26)23-16(8-7-11-22-19(21)27)17(25)9-6-10-20(4,5)28/h13,15-16,28H,6-12H2,1-5H3,(H,23,26)(H3,21,22,27)/t15-,16-/m0/s1. The van der Waals surface area contributed by atoms with Crippen LogP contribution < -0.4 is 16.4 Å². The molecule has 0 aromatic heterocycles. The van der Waals surface area contributed by atoms with Crippen LogP contribution in [0.4, 0.5) is 4.79 Å². The van der Waals surface area contributed by atoms with Crippen molar-refractivity contribution < 1.29 is 19.2 Å². The number of carbonyl (C=O) groups excluding carboxylic acids is 4. The van der Waals surface area contributed by atoms with Gasteiger partial charge in [-0.05, 0) is 38.5 Å². The number of rotatable bonds is 14. The number of hydrogen-bond acceptors (Lipinski definition) is 5. The van der Waals surface area contributed by atoms with Crippen LogP contribution in [0.25, 0.3) is 0 Å². The van der Waals surface area contributed by atoms with Gasteiger partial charge in [0.2, 0.25) is 5.91 Å². The van der Waals surface area contributed by atoms with Gasteiger partial charge in [-0.25, -0.2) is 4.79 Å². The highest BCUT2D eigenvalue weighted by molar-refractivity contribution is 7.81. The first-order valence-corrected chi connectivity index (χ1v) is 10.4. The smallest absolute Gasteiger partial charge is 0.312 e. The van der Waals surface area contributed by atoms with Crippen LogP contribution in [0, 0.1) is 11.8 Å². The molecule has 0 saturated heterocycles. The molecule has 0 fully saturated rings. The Morgan fingerprint density at radius 1 is 1.11 bits per heavy atom. The Hall–Kier alpha value is -1.57. The van der Waals surface area contributed by atoms with Crippen LogP contribution in [0.5, 0.6) is 0 Å². The van der Waals surface area contributed by atoms with Crippen molar-refractivity contribution in [2.45, 2.75) is 83.9 Å². The van der Waals surface area contributed by atoms with Crippen LogP contribution in [0.3, 0.4) is 0 Å². The molecule has 0 aromatic carbocycles. The van der Waals surface area contributed by atoms with E-state index in [9.17, 15) is 19.2 Å². The van der Waals surface area contributed by atoms with Crippen molar-refractivity contribution in [2.75, 3.05) is 6.54 Å². The maximum atomic E-state index is 12.7. The van der Waals surface area contributed by atoms with Gasteiger partial charge in [-0.15, -0.1) is 0 Å². The Kier molecular flexibility index (Phi) is 12.1. The Bertz CT molecular complexity index is 544. The highest BCUT2D eigenvalue weighted by Gasteiger charge is 2.28. The monoisotopic (exact) mass is 415 g/mol. The Morgan fingerprint density at radius 3 is 2.18 bits per heavy atom. The molecule has 0 rings (SSSR count). The molecule has 8 heteroatoms. The van der Waals surface area contributed by atoms with Crippen molar-refractivity contribution in [1.82, 2.24) is 10.6 Å². The number of Topliss-reactive ketones (excluding diaryl/α,β-unsaturated/α-hetero) is 2. The molecule has 0 aliphatic heterocycles. The van der Waals surface area contributed by atoms with Crippen molar-refractivity contribution in [2.24, 2.45) is 17.6 Å². The third-order valence-electron chi connectivity index (χ3n) is 4.53. The van der Waals surface area contributed by atoms with Crippen molar-refractivity contribution in [3.63, 3.8) is 0 Å². The second-order valence-electron chi connectivity index (χ2n) is 8.38. The van der Waals surface area contributed by atoms with E-state index in [1.54, 1.807) is 0 Å². The Morgan fingerprint density at radius 2 is 1.71 bits per heavy atom. The number of nitrogens with two attached hydrogens (primary N) is 1. The van der Waals surface area contributed by atoms with Crippen molar-refractivity contribution in [1.29, 1.82) is 0 Å². The first kappa shape index (κ1) is 26.4. The molecule has 2 atom stereocenters. The van der Waals surface area contributed by atoms with Gasteiger partial charge >= 0.3 is 6.03 Å². The summed E-state index contributed by atoms with van der Waals surface area (Å²) in [7, 11) is 0. The number of ketones is 2. The Balaban J connectivity index is 4.98. The molecule has 0 radical (unpaired) electrons. The molecule has 28 heavy (non-hydrogen) atoms. The molecule has 162 valence electrons. The first-order chi connectivity index (χ1) is 12.8. The fourth-order valence-corrected chi connectivity index (χ4v) is 3.08. The predicted octanol–water partition coefficient (Wildman–Crippen LogP) is 2.62. The zero-order valence-electron chi connectivity index (χ0n) is 17.8. The van der Waals surface area contributed by atoms with Crippen LogP contribution >= 0.6 is 12.6 Å². The van der Waals surface area contributed by atoms with E-state index in [1.807, 2.05) is 27.7 Å². The number of amides is 3. The number of urea groups is 1. The van der Waals surface area contributed by atoms with E-state index in [0.717, 1.165) is 6.42 Å². The van der Waals surface area contributed by atoms with Gasteiger partial charge in [0.15, 0.2) is 5.78 Å². The quantitative estimate of drug-likeness (QED) is 0.258. The minimum atomic E-state index is -0.640. The van der Waals surface area contributed by atoms with E-state index < -0.39 is 18.0 Å². The molecule has 0 bridgehead atoms. The molecule has 4 N–H and O–H groups in total. The van der Waals surface area contributed by atoms with E-state index in [4.69, 9.17) is 5.73 Å². The maximum Gasteiger partial charge on any atom is 0.312 e. The molecule has 0 aliphatic rings. The molecule has 0 aromatic rings. The summed E-state index contributed by atoms with van der Waals surface area (Å²) in [4.78, 5) is 47.7. The number of primary amides is 1. The molecular weight excluding hydrogens is 378 g/mol. The maximum absolute atomic E-state index is 12.7. The highest BCUT2D eigenvalue weighted by atomic mass is 32.1. The molecule has 7 nitrogen and oxygen atoms in total. The van der Waals surface area contributed by atoms with Crippen molar-refractivity contribution in [3.8, 4) is 0 Å². The predicted molar refractivity (Wildman–Crippen MR) is 114 cm³/mol. The summed E-state index contributed by atoms with van der Waals surface area (Å²) >= 11 is 4.47. The molecule has 0 aliphatic carbocycles. The number of thiol groups is 1. The summed E-state index contributed by atoms with van der Waals surface area (Å²) in [5.41, 5.74) is 5.05. The zero-order valence-corrected chi connectivity index (χ0v) is 18.7. The van der Waals surface area contributed by atoms with E-state index in [1.165, 1.54) is 6.92 Å². The molecule has 0 heterocycles. The molecule has 3 amide bonds. The summed E-state index contributed by atoms with van der Waals surface area (Å²) in [6.45, 7) is 9.54. The fraction of sp³-hybridized carbons (Fsp3) is 0.800. The molecule has 0 unspecified atom stereocenters. The topological polar surface area (TPSA) is 118 Å². The van der Waals surface area contributed by atoms with Crippen molar-refractivity contribution >= 4 is 36.1 Å². The molecule has 0 spiro atoms.